The molecule has 1 aromatic carbocycles. The van der Waals surface area contributed by atoms with E-state index < -0.39 is 0 Å². The second kappa shape index (κ2) is 5.19. The fraction of sp³-hybridized carbons (Fsp3) is 0.214. The molecule has 0 aliphatic heterocycles. The Bertz CT molecular complexity index is 557. The van der Waals surface area contributed by atoms with Crippen LogP contribution in [0.4, 0.5) is 0 Å². The largest absolute Gasteiger partial charge is 0.310 e. The number of aryl methyl sites for hydroxylation is 1. The summed E-state index contributed by atoms with van der Waals surface area (Å²) < 4.78 is 1.61. The molecule has 0 saturated heterocycles. The van der Waals surface area contributed by atoms with Crippen LogP contribution in [0.15, 0.2) is 47.4 Å². The lowest BCUT2D eigenvalue weighted by atomic mass is 10.1. The van der Waals surface area contributed by atoms with Crippen LogP contribution in [-0.4, -0.2) is 4.57 Å². The molecule has 2 aromatic rings. The number of hydrogen-bond donors (Lipinski definition) is 0. The van der Waals surface area contributed by atoms with E-state index in [1.165, 1.54) is 11.6 Å². The summed E-state index contributed by atoms with van der Waals surface area (Å²) in [5.74, 6) is 0. The molecule has 0 aliphatic carbocycles. The maximum atomic E-state index is 11.6. The van der Waals surface area contributed by atoms with Crippen LogP contribution in [0.2, 0.25) is 5.02 Å². The number of nitrogens with zero attached hydrogens (tertiary/aromatic N) is 1. The van der Waals surface area contributed by atoms with Crippen molar-refractivity contribution < 1.29 is 0 Å². The van der Waals surface area contributed by atoms with E-state index >= 15 is 0 Å². The molecular weight excluding hydrogens is 234 g/mol. The monoisotopic (exact) mass is 247 g/mol. The summed E-state index contributed by atoms with van der Waals surface area (Å²) in [4.78, 5) is 11.6. The second-order valence-corrected chi connectivity index (χ2v) is 4.42. The van der Waals surface area contributed by atoms with Gasteiger partial charge in [-0.3, -0.25) is 4.79 Å². The van der Waals surface area contributed by atoms with Crippen molar-refractivity contribution in [3.63, 3.8) is 0 Å². The van der Waals surface area contributed by atoms with E-state index in [0.29, 0.717) is 11.6 Å². The van der Waals surface area contributed by atoms with Crippen LogP contribution in [0.1, 0.15) is 18.1 Å². The maximum Gasteiger partial charge on any atom is 0.250 e. The van der Waals surface area contributed by atoms with Crippen molar-refractivity contribution in [2.75, 3.05) is 0 Å². The van der Waals surface area contributed by atoms with Crippen molar-refractivity contribution in [3.05, 3.63) is 69.1 Å². The normalized spacial score (nSPS) is 10.5. The van der Waals surface area contributed by atoms with Crippen molar-refractivity contribution in [2.24, 2.45) is 0 Å². The predicted octanol–water partition coefficient (Wildman–Crippen LogP) is 3.11. The van der Waals surface area contributed by atoms with Crippen molar-refractivity contribution in [2.45, 2.75) is 19.9 Å². The summed E-state index contributed by atoms with van der Waals surface area (Å²) in [6.07, 6.45) is 2.69. The van der Waals surface area contributed by atoms with E-state index in [9.17, 15) is 4.79 Å². The third-order valence-electron chi connectivity index (χ3n) is 2.73. The summed E-state index contributed by atoms with van der Waals surface area (Å²) in [5, 5.41) is 0.578. The molecule has 0 fully saturated rings. The predicted molar refractivity (Wildman–Crippen MR) is 70.6 cm³/mol. The Hall–Kier alpha value is -1.54. The molecule has 0 bridgehead atoms. The van der Waals surface area contributed by atoms with Crippen LogP contribution in [0, 0.1) is 0 Å². The van der Waals surface area contributed by atoms with E-state index in [1.54, 1.807) is 16.8 Å². The first kappa shape index (κ1) is 11.9. The van der Waals surface area contributed by atoms with Gasteiger partial charge in [-0.15, -0.1) is 0 Å². The zero-order valence-electron chi connectivity index (χ0n) is 9.69. The Morgan fingerprint density at radius 1 is 1.06 bits per heavy atom. The Morgan fingerprint density at radius 2 is 1.71 bits per heavy atom. The minimum absolute atomic E-state index is 0.0334. The molecule has 0 spiro atoms. The van der Waals surface area contributed by atoms with Crippen LogP contribution < -0.4 is 5.56 Å². The number of rotatable bonds is 3. The molecule has 17 heavy (non-hydrogen) atoms. The first-order valence-corrected chi connectivity index (χ1v) is 6.00. The molecule has 0 aliphatic rings. The van der Waals surface area contributed by atoms with Crippen LogP contribution in [0.25, 0.3) is 0 Å². The van der Waals surface area contributed by atoms with Gasteiger partial charge in [-0.25, -0.2) is 0 Å². The first-order chi connectivity index (χ1) is 8.19. The zero-order valence-corrected chi connectivity index (χ0v) is 10.4. The first-order valence-electron chi connectivity index (χ1n) is 5.63. The molecule has 0 radical (unpaired) electrons. The second-order valence-electron chi connectivity index (χ2n) is 3.98. The topological polar surface area (TPSA) is 22.0 Å². The van der Waals surface area contributed by atoms with E-state index in [0.717, 1.165) is 12.0 Å². The maximum absolute atomic E-state index is 11.6. The Labute approximate surface area is 105 Å². The van der Waals surface area contributed by atoms with Crippen LogP contribution in [0.5, 0.6) is 0 Å². The molecule has 0 N–H and O–H groups in total. The quantitative estimate of drug-likeness (QED) is 0.817. The third kappa shape index (κ3) is 2.98. The van der Waals surface area contributed by atoms with Crippen molar-refractivity contribution in [1.29, 1.82) is 0 Å². The number of pyridine rings is 1. The highest BCUT2D eigenvalue weighted by Gasteiger charge is 1.99. The summed E-state index contributed by atoms with van der Waals surface area (Å²) >= 11 is 5.87. The van der Waals surface area contributed by atoms with Gasteiger partial charge in [0, 0.05) is 12.3 Å². The molecule has 1 aromatic heterocycles. The Kier molecular flexibility index (Phi) is 3.64. The number of aromatic nitrogens is 1. The van der Waals surface area contributed by atoms with Crippen molar-refractivity contribution in [1.82, 2.24) is 4.57 Å². The molecule has 3 heteroatoms. The van der Waals surface area contributed by atoms with Crippen molar-refractivity contribution >= 4 is 11.6 Å². The summed E-state index contributed by atoms with van der Waals surface area (Å²) in [5.41, 5.74) is 2.37. The molecule has 0 saturated carbocycles. The fourth-order valence-electron chi connectivity index (χ4n) is 1.70. The van der Waals surface area contributed by atoms with Gasteiger partial charge < -0.3 is 4.57 Å². The molecule has 1 heterocycles. The van der Waals surface area contributed by atoms with Gasteiger partial charge in [-0.2, -0.15) is 0 Å². The lowest BCUT2D eigenvalue weighted by molar-refractivity contribution is 0.759. The highest BCUT2D eigenvalue weighted by Crippen LogP contribution is 2.08. The van der Waals surface area contributed by atoms with Crippen molar-refractivity contribution in [3.8, 4) is 0 Å². The fourth-order valence-corrected chi connectivity index (χ4v) is 1.88. The molecular formula is C14H14ClNO. The number of halogens is 1. The molecule has 88 valence electrons. The molecule has 2 nitrogen and oxygen atoms in total. The molecule has 0 amide bonds. The Morgan fingerprint density at radius 3 is 2.35 bits per heavy atom. The highest BCUT2D eigenvalue weighted by atomic mass is 35.5. The van der Waals surface area contributed by atoms with E-state index in [-0.39, 0.29) is 5.56 Å². The van der Waals surface area contributed by atoms with Gasteiger partial charge in [-0.05, 0) is 23.6 Å². The van der Waals surface area contributed by atoms with E-state index in [1.807, 2.05) is 12.1 Å². The third-order valence-corrected chi connectivity index (χ3v) is 2.96. The van der Waals surface area contributed by atoms with E-state index in [4.69, 9.17) is 11.6 Å². The van der Waals surface area contributed by atoms with Gasteiger partial charge in [-0.1, -0.05) is 42.8 Å². The average Bonchev–Trinajstić information content (AvgIpc) is 2.35. The van der Waals surface area contributed by atoms with Crippen LogP contribution in [-0.2, 0) is 13.0 Å². The minimum Gasteiger partial charge on any atom is -0.310 e. The van der Waals surface area contributed by atoms with Crippen LogP contribution >= 0.6 is 11.6 Å². The average molecular weight is 248 g/mol. The van der Waals surface area contributed by atoms with Gasteiger partial charge in [0.2, 0.25) is 0 Å². The minimum atomic E-state index is -0.0334. The van der Waals surface area contributed by atoms with Gasteiger partial charge in [0.1, 0.15) is 0 Å². The van der Waals surface area contributed by atoms with Gasteiger partial charge >= 0.3 is 0 Å². The lowest BCUT2D eigenvalue weighted by Gasteiger charge is -2.06. The summed E-state index contributed by atoms with van der Waals surface area (Å²) in [7, 11) is 0. The Balaban J connectivity index is 2.25. The molecule has 0 unspecified atom stereocenters. The smallest absolute Gasteiger partial charge is 0.250 e. The SMILES string of the molecule is CCc1ccc(Cn2cc(Cl)ccc2=O)cc1. The van der Waals surface area contributed by atoms with Gasteiger partial charge in [0.05, 0.1) is 11.6 Å². The van der Waals surface area contributed by atoms with E-state index in [2.05, 4.69) is 19.1 Å². The number of benzene rings is 1. The number of hydrogen-bond acceptors (Lipinski definition) is 1. The van der Waals surface area contributed by atoms with Gasteiger partial charge in [0.15, 0.2) is 0 Å². The standard InChI is InChI=1S/C14H14ClNO/c1-2-11-3-5-12(6-4-11)9-16-10-13(15)7-8-14(16)17/h3-8,10H,2,9H2,1H3. The van der Waals surface area contributed by atoms with Gasteiger partial charge in [0.25, 0.3) is 5.56 Å². The molecule has 2 rings (SSSR count). The zero-order chi connectivity index (χ0) is 12.3. The molecule has 0 atom stereocenters. The van der Waals surface area contributed by atoms with Crippen LogP contribution in [0.3, 0.4) is 0 Å². The summed E-state index contributed by atoms with van der Waals surface area (Å²) in [6, 6.07) is 11.4. The highest BCUT2D eigenvalue weighted by molar-refractivity contribution is 6.30. The lowest BCUT2D eigenvalue weighted by Crippen LogP contribution is -2.18. The summed E-state index contributed by atoms with van der Waals surface area (Å²) in [6.45, 7) is 2.68.